The summed E-state index contributed by atoms with van der Waals surface area (Å²) in [5.41, 5.74) is 2.43. The lowest BCUT2D eigenvalue weighted by Gasteiger charge is -2.21. The summed E-state index contributed by atoms with van der Waals surface area (Å²) in [6, 6.07) is 23.7. The third kappa shape index (κ3) is 10.2. The SMILES string of the molecule is O=C(O)CCCOc1ccc(NC(NC(=O)Cc2cccc(Cl)c2)C(=O)NCCc2ccccc2)cc1. The molecule has 0 saturated carbocycles. The molecule has 3 rings (SSSR count). The summed E-state index contributed by atoms with van der Waals surface area (Å²) in [7, 11) is 0. The van der Waals surface area contributed by atoms with Crippen molar-refractivity contribution in [2.45, 2.75) is 31.8 Å². The van der Waals surface area contributed by atoms with E-state index in [1.165, 1.54) is 0 Å². The molecule has 0 bridgehead atoms. The van der Waals surface area contributed by atoms with E-state index >= 15 is 0 Å². The van der Waals surface area contributed by atoms with Crippen LogP contribution in [0.4, 0.5) is 5.69 Å². The maximum Gasteiger partial charge on any atom is 0.303 e. The molecule has 3 aromatic carbocycles. The average molecular weight is 524 g/mol. The molecule has 8 nitrogen and oxygen atoms in total. The molecule has 1 unspecified atom stereocenters. The fourth-order valence-corrected chi connectivity index (χ4v) is 3.73. The van der Waals surface area contributed by atoms with E-state index in [1.807, 2.05) is 30.3 Å². The van der Waals surface area contributed by atoms with Gasteiger partial charge in [-0.3, -0.25) is 14.4 Å². The number of rotatable bonds is 14. The highest BCUT2D eigenvalue weighted by Gasteiger charge is 2.21. The third-order valence-electron chi connectivity index (χ3n) is 5.35. The van der Waals surface area contributed by atoms with Gasteiger partial charge in [0, 0.05) is 23.7 Å². The number of carbonyl (C=O) groups excluding carboxylic acids is 2. The molecule has 0 aliphatic rings. The van der Waals surface area contributed by atoms with Gasteiger partial charge in [0.1, 0.15) is 5.75 Å². The van der Waals surface area contributed by atoms with Gasteiger partial charge in [-0.2, -0.15) is 0 Å². The molecule has 1 atom stereocenters. The van der Waals surface area contributed by atoms with Crippen molar-refractivity contribution >= 4 is 35.1 Å². The zero-order valence-corrected chi connectivity index (χ0v) is 21.0. The van der Waals surface area contributed by atoms with Gasteiger partial charge in [0.2, 0.25) is 5.91 Å². The Morgan fingerprint density at radius 3 is 2.35 bits per heavy atom. The van der Waals surface area contributed by atoms with Crippen molar-refractivity contribution in [1.82, 2.24) is 10.6 Å². The van der Waals surface area contributed by atoms with Gasteiger partial charge in [0.05, 0.1) is 13.0 Å². The Morgan fingerprint density at radius 2 is 1.65 bits per heavy atom. The van der Waals surface area contributed by atoms with E-state index in [-0.39, 0.29) is 31.3 Å². The largest absolute Gasteiger partial charge is 0.494 e. The lowest BCUT2D eigenvalue weighted by Crippen LogP contribution is -2.52. The van der Waals surface area contributed by atoms with Crippen LogP contribution in [0.15, 0.2) is 78.9 Å². The van der Waals surface area contributed by atoms with Crippen molar-refractivity contribution in [2.75, 3.05) is 18.5 Å². The number of benzene rings is 3. The Balaban J connectivity index is 1.60. The fraction of sp³-hybridized carbons (Fsp3) is 0.250. The second-order valence-electron chi connectivity index (χ2n) is 8.35. The lowest BCUT2D eigenvalue weighted by atomic mass is 10.1. The Labute approximate surface area is 221 Å². The summed E-state index contributed by atoms with van der Waals surface area (Å²) >= 11 is 6.02. The second kappa shape index (κ2) is 14.5. The van der Waals surface area contributed by atoms with E-state index in [9.17, 15) is 14.4 Å². The van der Waals surface area contributed by atoms with Gasteiger partial charge in [-0.1, -0.05) is 54.1 Å². The Hall–Kier alpha value is -4.04. The number of hydrogen-bond donors (Lipinski definition) is 4. The van der Waals surface area contributed by atoms with Gasteiger partial charge >= 0.3 is 5.97 Å². The number of nitrogens with one attached hydrogen (secondary N) is 3. The molecule has 0 spiro atoms. The molecule has 0 fully saturated rings. The first-order valence-electron chi connectivity index (χ1n) is 12.0. The average Bonchev–Trinajstić information content (AvgIpc) is 2.87. The molecule has 3 aromatic rings. The van der Waals surface area contributed by atoms with Crippen LogP contribution in [0.5, 0.6) is 5.75 Å². The van der Waals surface area contributed by atoms with Crippen molar-refractivity contribution in [3.8, 4) is 5.75 Å². The van der Waals surface area contributed by atoms with E-state index in [4.69, 9.17) is 21.4 Å². The van der Waals surface area contributed by atoms with Crippen molar-refractivity contribution in [3.05, 3.63) is 95.0 Å². The van der Waals surface area contributed by atoms with E-state index < -0.39 is 12.1 Å². The van der Waals surface area contributed by atoms with Crippen LogP contribution in [0, 0.1) is 0 Å². The number of ether oxygens (including phenoxy) is 1. The van der Waals surface area contributed by atoms with Gasteiger partial charge in [-0.25, -0.2) is 0 Å². The molecule has 0 aliphatic carbocycles. The predicted octanol–water partition coefficient (Wildman–Crippen LogP) is 4.04. The van der Waals surface area contributed by atoms with Crippen molar-refractivity contribution in [1.29, 1.82) is 0 Å². The number of carbonyl (C=O) groups is 3. The molecule has 0 radical (unpaired) electrons. The van der Waals surface area contributed by atoms with E-state index in [0.29, 0.717) is 35.8 Å². The lowest BCUT2D eigenvalue weighted by molar-refractivity contribution is -0.137. The first-order chi connectivity index (χ1) is 17.9. The van der Waals surface area contributed by atoms with Crippen LogP contribution in [0.25, 0.3) is 0 Å². The first-order valence-corrected chi connectivity index (χ1v) is 12.3. The molecule has 4 N–H and O–H groups in total. The highest BCUT2D eigenvalue weighted by molar-refractivity contribution is 6.30. The minimum atomic E-state index is -1.01. The summed E-state index contributed by atoms with van der Waals surface area (Å²) < 4.78 is 5.55. The van der Waals surface area contributed by atoms with Crippen LogP contribution in [-0.4, -0.2) is 42.2 Å². The van der Waals surface area contributed by atoms with Gasteiger partial charge in [-0.05, 0) is 60.4 Å². The topological polar surface area (TPSA) is 117 Å². The normalized spacial score (nSPS) is 11.3. The number of carboxylic acid groups (broad SMARTS) is 1. The number of hydrogen-bond acceptors (Lipinski definition) is 5. The maximum atomic E-state index is 13.0. The molecule has 0 heterocycles. The van der Waals surface area contributed by atoms with Crippen LogP contribution in [-0.2, 0) is 27.2 Å². The van der Waals surface area contributed by atoms with Gasteiger partial charge in [0.25, 0.3) is 5.91 Å². The van der Waals surface area contributed by atoms with E-state index in [0.717, 1.165) is 11.1 Å². The van der Waals surface area contributed by atoms with Crippen molar-refractivity contribution in [2.24, 2.45) is 0 Å². The quantitative estimate of drug-likeness (QED) is 0.187. The minimum absolute atomic E-state index is 0.0373. The molecule has 0 aromatic heterocycles. The number of anilines is 1. The summed E-state index contributed by atoms with van der Waals surface area (Å²) in [6.07, 6.45) is 0.155. The Morgan fingerprint density at radius 1 is 0.919 bits per heavy atom. The summed E-state index contributed by atoms with van der Waals surface area (Å²) in [5.74, 6) is -1.00. The van der Waals surface area contributed by atoms with Crippen molar-refractivity contribution < 1.29 is 24.2 Å². The molecule has 194 valence electrons. The number of aliphatic carboxylic acids is 1. The number of carboxylic acids is 1. The highest BCUT2D eigenvalue weighted by Crippen LogP contribution is 2.17. The van der Waals surface area contributed by atoms with Gasteiger partial charge in [0.15, 0.2) is 6.17 Å². The molecule has 0 saturated heterocycles. The molecular weight excluding hydrogens is 494 g/mol. The Bertz CT molecular complexity index is 1170. The summed E-state index contributed by atoms with van der Waals surface area (Å²) in [5, 5.41) is 17.9. The highest BCUT2D eigenvalue weighted by atomic mass is 35.5. The maximum absolute atomic E-state index is 13.0. The number of halogens is 1. The minimum Gasteiger partial charge on any atom is -0.494 e. The van der Waals surface area contributed by atoms with Crippen LogP contribution in [0.3, 0.4) is 0 Å². The van der Waals surface area contributed by atoms with E-state index in [2.05, 4.69) is 16.0 Å². The molecule has 0 aliphatic heterocycles. The van der Waals surface area contributed by atoms with Gasteiger partial charge < -0.3 is 25.8 Å². The zero-order chi connectivity index (χ0) is 26.5. The Kier molecular flexibility index (Phi) is 10.8. The monoisotopic (exact) mass is 523 g/mol. The fourth-order valence-electron chi connectivity index (χ4n) is 3.52. The zero-order valence-electron chi connectivity index (χ0n) is 20.3. The van der Waals surface area contributed by atoms with Crippen LogP contribution < -0.4 is 20.7 Å². The molecular formula is C28H30ClN3O5. The van der Waals surface area contributed by atoms with E-state index in [1.54, 1.807) is 48.5 Å². The van der Waals surface area contributed by atoms with Crippen LogP contribution >= 0.6 is 11.6 Å². The van der Waals surface area contributed by atoms with Crippen LogP contribution in [0.1, 0.15) is 24.0 Å². The number of amides is 2. The van der Waals surface area contributed by atoms with Crippen LogP contribution in [0.2, 0.25) is 5.02 Å². The molecule has 9 heteroatoms. The molecule has 37 heavy (non-hydrogen) atoms. The summed E-state index contributed by atoms with van der Waals surface area (Å²) in [6.45, 7) is 0.694. The van der Waals surface area contributed by atoms with Crippen molar-refractivity contribution in [3.63, 3.8) is 0 Å². The first kappa shape index (κ1) is 27.5. The molecule has 2 amide bonds. The predicted molar refractivity (Wildman–Crippen MR) is 143 cm³/mol. The third-order valence-corrected chi connectivity index (χ3v) is 5.58. The standard InChI is InChI=1S/C28H30ClN3O5/c29-22-9-4-8-21(18-22)19-25(33)32-27(28(36)30-16-15-20-6-2-1-3-7-20)31-23-11-13-24(14-12-23)37-17-5-10-26(34)35/h1-4,6-9,11-14,18,27,31H,5,10,15-17,19H2,(H,30,36)(H,32,33)(H,34,35). The smallest absolute Gasteiger partial charge is 0.303 e. The second-order valence-corrected chi connectivity index (χ2v) is 8.78. The summed E-state index contributed by atoms with van der Waals surface area (Å²) in [4.78, 5) is 36.3. The van der Waals surface area contributed by atoms with Gasteiger partial charge in [-0.15, -0.1) is 0 Å².